The standard InChI is InChI=1S/C15H29NO3/c1-4-6-7-8-9-10-11-14(17)16(12-15(18)19)13(3)5-2/h13H,4-12H2,1-3H3,(H,18,19). The highest BCUT2D eigenvalue weighted by Gasteiger charge is 2.20. The van der Waals surface area contributed by atoms with Gasteiger partial charge in [-0.1, -0.05) is 46.0 Å². The van der Waals surface area contributed by atoms with E-state index in [4.69, 9.17) is 5.11 Å². The van der Waals surface area contributed by atoms with Crippen LogP contribution in [-0.2, 0) is 9.59 Å². The Morgan fingerprint density at radius 2 is 1.63 bits per heavy atom. The van der Waals surface area contributed by atoms with Crippen molar-refractivity contribution in [2.45, 2.75) is 78.2 Å². The molecule has 0 aliphatic carbocycles. The first kappa shape index (κ1) is 17.9. The highest BCUT2D eigenvalue weighted by Crippen LogP contribution is 2.11. The first-order chi connectivity index (χ1) is 9.02. The second-order valence-corrected chi connectivity index (χ2v) is 5.19. The number of hydrogen-bond acceptors (Lipinski definition) is 2. The van der Waals surface area contributed by atoms with Crippen molar-refractivity contribution in [3.05, 3.63) is 0 Å². The summed E-state index contributed by atoms with van der Waals surface area (Å²) < 4.78 is 0. The zero-order valence-electron chi connectivity index (χ0n) is 12.7. The molecule has 0 heterocycles. The molecule has 4 heteroatoms. The van der Waals surface area contributed by atoms with Crippen molar-refractivity contribution in [1.29, 1.82) is 0 Å². The molecular formula is C15H29NO3. The minimum Gasteiger partial charge on any atom is -0.480 e. The lowest BCUT2D eigenvalue weighted by Gasteiger charge is -2.27. The van der Waals surface area contributed by atoms with Crippen LogP contribution in [0.5, 0.6) is 0 Å². The number of aliphatic carboxylic acids is 1. The summed E-state index contributed by atoms with van der Waals surface area (Å²) in [7, 11) is 0. The Morgan fingerprint density at radius 3 is 2.16 bits per heavy atom. The molecule has 0 aliphatic heterocycles. The quantitative estimate of drug-likeness (QED) is 0.586. The normalized spacial score (nSPS) is 12.2. The molecule has 1 unspecified atom stereocenters. The highest BCUT2D eigenvalue weighted by molar-refractivity contribution is 5.81. The van der Waals surface area contributed by atoms with Crippen LogP contribution in [0.4, 0.5) is 0 Å². The van der Waals surface area contributed by atoms with Gasteiger partial charge >= 0.3 is 5.97 Å². The van der Waals surface area contributed by atoms with Crippen LogP contribution in [0.3, 0.4) is 0 Å². The molecule has 19 heavy (non-hydrogen) atoms. The molecule has 0 spiro atoms. The molecule has 0 radical (unpaired) electrons. The van der Waals surface area contributed by atoms with E-state index in [9.17, 15) is 9.59 Å². The molecule has 0 aromatic rings. The van der Waals surface area contributed by atoms with Crippen LogP contribution in [0.15, 0.2) is 0 Å². The lowest BCUT2D eigenvalue weighted by atomic mass is 10.1. The first-order valence-corrected chi connectivity index (χ1v) is 7.54. The monoisotopic (exact) mass is 271 g/mol. The number of amides is 1. The lowest BCUT2D eigenvalue weighted by molar-refractivity contribution is -0.146. The zero-order valence-corrected chi connectivity index (χ0v) is 12.7. The molecule has 1 atom stereocenters. The van der Waals surface area contributed by atoms with Gasteiger partial charge in [0, 0.05) is 12.5 Å². The molecular weight excluding hydrogens is 242 g/mol. The number of carboxylic acid groups (broad SMARTS) is 1. The first-order valence-electron chi connectivity index (χ1n) is 7.54. The molecule has 0 aliphatic rings. The summed E-state index contributed by atoms with van der Waals surface area (Å²) >= 11 is 0. The molecule has 1 amide bonds. The van der Waals surface area contributed by atoms with Crippen LogP contribution in [-0.4, -0.2) is 34.5 Å². The SMILES string of the molecule is CCCCCCCCC(=O)N(CC(=O)O)C(C)CC. The van der Waals surface area contributed by atoms with Gasteiger partial charge < -0.3 is 10.0 Å². The maximum atomic E-state index is 12.0. The Hall–Kier alpha value is -1.06. The van der Waals surface area contributed by atoms with Crippen LogP contribution in [0.1, 0.15) is 72.1 Å². The predicted molar refractivity (Wildman–Crippen MR) is 77.1 cm³/mol. The number of nitrogens with zero attached hydrogens (tertiary/aromatic N) is 1. The number of hydrogen-bond donors (Lipinski definition) is 1. The third-order valence-corrected chi connectivity index (χ3v) is 3.49. The molecule has 0 fully saturated rings. The molecule has 112 valence electrons. The number of carbonyl (C=O) groups is 2. The summed E-state index contributed by atoms with van der Waals surface area (Å²) in [5.41, 5.74) is 0. The fourth-order valence-corrected chi connectivity index (χ4v) is 2.06. The number of rotatable bonds is 11. The van der Waals surface area contributed by atoms with Gasteiger partial charge in [0.2, 0.25) is 5.91 Å². The fraction of sp³-hybridized carbons (Fsp3) is 0.867. The van der Waals surface area contributed by atoms with Crippen molar-refractivity contribution >= 4 is 11.9 Å². The number of carbonyl (C=O) groups excluding carboxylic acids is 1. The summed E-state index contributed by atoms with van der Waals surface area (Å²) in [5.74, 6) is -0.955. The summed E-state index contributed by atoms with van der Waals surface area (Å²) in [4.78, 5) is 24.3. The molecule has 0 rings (SSSR count). The van der Waals surface area contributed by atoms with E-state index in [1.807, 2.05) is 13.8 Å². The van der Waals surface area contributed by atoms with Crippen LogP contribution in [0.2, 0.25) is 0 Å². The average molecular weight is 271 g/mol. The molecule has 0 aromatic carbocycles. The van der Waals surface area contributed by atoms with E-state index in [1.165, 1.54) is 30.6 Å². The molecule has 0 aromatic heterocycles. The highest BCUT2D eigenvalue weighted by atomic mass is 16.4. The molecule has 0 saturated carbocycles. The van der Waals surface area contributed by atoms with Crippen molar-refractivity contribution in [2.75, 3.05) is 6.54 Å². The van der Waals surface area contributed by atoms with E-state index in [0.717, 1.165) is 19.3 Å². The topological polar surface area (TPSA) is 57.6 Å². The van der Waals surface area contributed by atoms with Gasteiger partial charge in [0.05, 0.1) is 0 Å². The Kier molecular flexibility index (Phi) is 10.2. The zero-order chi connectivity index (χ0) is 14.7. The third kappa shape index (κ3) is 8.62. The maximum absolute atomic E-state index is 12.0. The number of carboxylic acids is 1. The lowest BCUT2D eigenvalue weighted by Crippen LogP contribution is -2.41. The number of unbranched alkanes of at least 4 members (excludes halogenated alkanes) is 5. The summed E-state index contributed by atoms with van der Waals surface area (Å²) in [6, 6.07) is 0.00342. The van der Waals surface area contributed by atoms with E-state index >= 15 is 0 Å². The van der Waals surface area contributed by atoms with Gasteiger partial charge in [-0.15, -0.1) is 0 Å². The van der Waals surface area contributed by atoms with Crippen LogP contribution in [0, 0.1) is 0 Å². The second-order valence-electron chi connectivity index (χ2n) is 5.19. The summed E-state index contributed by atoms with van der Waals surface area (Å²) in [6.07, 6.45) is 8.07. The van der Waals surface area contributed by atoms with Gasteiger partial charge in [-0.2, -0.15) is 0 Å². The van der Waals surface area contributed by atoms with Gasteiger partial charge in [0.25, 0.3) is 0 Å². The summed E-state index contributed by atoms with van der Waals surface area (Å²) in [5, 5.41) is 8.85. The van der Waals surface area contributed by atoms with E-state index in [-0.39, 0.29) is 18.5 Å². The molecule has 1 N–H and O–H groups in total. The Bertz CT molecular complexity index is 266. The van der Waals surface area contributed by atoms with Gasteiger partial charge in [-0.3, -0.25) is 9.59 Å². The molecule has 0 saturated heterocycles. The fourth-order valence-electron chi connectivity index (χ4n) is 2.06. The van der Waals surface area contributed by atoms with E-state index in [0.29, 0.717) is 6.42 Å². The maximum Gasteiger partial charge on any atom is 0.323 e. The van der Waals surface area contributed by atoms with Gasteiger partial charge in [-0.25, -0.2) is 0 Å². The van der Waals surface area contributed by atoms with Crippen LogP contribution < -0.4 is 0 Å². The predicted octanol–water partition coefficient (Wildman–Crippen LogP) is 3.45. The van der Waals surface area contributed by atoms with Crippen molar-refractivity contribution in [3.63, 3.8) is 0 Å². The van der Waals surface area contributed by atoms with Gasteiger partial charge in [-0.05, 0) is 19.8 Å². The van der Waals surface area contributed by atoms with Gasteiger partial charge in [0.1, 0.15) is 6.54 Å². The minimum atomic E-state index is -0.934. The van der Waals surface area contributed by atoms with E-state index in [2.05, 4.69) is 6.92 Å². The average Bonchev–Trinajstić information content (AvgIpc) is 2.38. The van der Waals surface area contributed by atoms with Crippen LogP contribution >= 0.6 is 0 Å². The minimum absolute atomic E-state index is 0.00342. The van der Waals surface area contributed by atoms with Crippen molar-refractivity contribution in [2.24, 2.45) is 0 Å². The molecule has 4 nitrogen and oxygen atoms in total. The van der Waals surface area contributed by atoms with Gasteiger partial charge in [0.15, 0.2) is 0 Å². The Morgan fingerprint density at radius 1 is 1.05 bits per heavy atom. The van der Waals surface area contributed by atoms with Crippen molar-refractivity contribution in [3.8, 4) is 0 Å². The molecule has 0 bridgehead atoms. The van der Waals surface area contributed by atoms with Crippen LogP contribution in [0.25, 0.3) is 0 Å². The third-order valence-electron chi connectivity index (χ3n) is 3.49. The smallest absolute Gasteiger partial charge is 0.323 e. The largest absolute Gasteiger partial charge is 0.480 e. The van der Waals surface area contributed by atoms with Crippen molar-refractivity contribution < 1.29 is 14.7 Å². The van der Waals surface area contributed by atoms with Crippen molar-refractivity contribution in [1.82, 2.24) is 4.90 Å². The van der Waals surface area contributed by atoms with E-state index < -0.39 is 5.97 Å². The summed E-state index contributed by atoms with van der Waals surface area (Å²) in [6.45, 7) is 5.88. The van der Waals surface area contributed by atoms with E-state index in [1.54, 1.807) is 0 Å². The second kappa shape index (κ2) is 10.8. The Balaban J connectivity index is 4.00. The Labute approximate surface area is 117 Å².